The highest BCUT2D eigenvalue weighted by Gasteiger charge is 2.20. The van der Waals surface area contributed by atoms with E-state index in [1.807, 2.05) is 7.05 Å². The Labute approximate surface area is 98.8 Å². The Kier molecular flexibility index (Phi) is 7.31. The van der Waals surface area contributed by atoms with E-state index in [9.17, 15) is 5.11 Å². The van der Waals surface area contributed by atoms with Crippen molar-refractivity contribution >= 4 is 0 Å². The van der Waals surface area contributed by atoms with Gasteiger partial charge >= 0.3 is 0 Å². The molecule has 0 aromatic heterocycles. The molecule has 16 heavy (non-hydrogen) atoms. The van der Waals surface area contributed by atoms with Crippen molar-refractivity contribution in [2.45, 2.75) is 32.8 Å². The number of ether oxygens (including phenoxy) is 1. The summed E-state index contributed by atoms with van der Waals surface area (Å²) in [7, 11) is 3.56. The summed E-state index contributed by atoms with van der Waals surface area (Å²) in [5.74, 6) is 0. The summed E-state index contributed by atoms with van der Waals surface area (Å²) in [4.78, 5) is 2.08. The van der Waals surface area contributed by atoms with Crippen molar-refractivity contribution in [3.63, 3.8) is 0 Å². The summed E-state index contributed by atoms with van der Waals surface area (Å²) < 4.78 is 4.88. The fourth-order valence-corrected chi connectivity index (χ4v) is 1.87. The zero-order chi connectivity index (χ0) is 12.6. The Hall–Kier alpha value is -0.630. The largest absolute Gasteiger partial charge is 0.389 e. The van der Waals surface area contributed by atoms with Gasteiger partial charge in [0.15, 0.2) is 0 Å². The van der Waals surface area contributed by atoms with Crippen LogP contribution in [-0.2, 0) is 4.74 Å². The van der Waals surface area contributed by atoms with Gasteiger partial charge in [-0.25, -0.2) is 0 Å². The number of hydrogen-bond donors (Lipinski definition) is 1. The lowest BCUT2D eigenvalue weighted by Gasteiger charge is -2.30. The maximum atomic E-state index is 9.57. The lowest BCUT2D eigenvalue weighted by molar-refractivity contribution is 0.0355. The molecule has 0 saturated carbocycles. The summed E-state index contributed by atoms with van der Waals surface area (Å²) in [6, 6.07) is 2.17. The Morgan fingerprint density at radius 1 is 1.50 bits per heavy atom. The summed E-state index contributed by atoms with van der Waals surface area (Å²) in [5, 5.41) is 18.1. The monoisotopic (exact) mass is 228 g/mol. The molecule has 1 N–H and O–H groups in total. The normalized spacial score (nSPS) is 13.8. The van der Waals surface area contributed by atoms with Crippen LogP contribution in [0.25, 0.3) is 0 Å². The number of nitriles is 1. The van der Waals surface area contributed by atoms with E-state index in [0.717, 1.165) is 13.0 Å². The zero-order valence-corrected chi connectivity index (χ0v) is 10.9. The fourth-order valence-electron chi connectivity index (χ4n) is 1.87. The predicted molar refractivity (Wildman–Crippen MR) is 64.0 cm³/mol. The van der Waals surface area contributed by atoms with Crippen molar-refractivity contribution in [2.75, 3.05) is 33.9 Å². The smallest absolute Gasteiger partial charge is 0.0899 e. The molecule has 0 aliphatic rings. The van der Waals surface area contributed by atoms with Crippen LogP contribution in [0.5, 0.6) is 0 Å². The van der Waals surface area contributed by atoms with Gasteiger partial charge in [-0.15, -0.1) is 0 Å². The average molecular weight is 228 g/mol. The van der Waals surface area contributed by atoms with E-state index < -0.39 is 6.10 Å². The molecule has 1 unspecified atom stereocenters. The van der Waals surface area contributed by atoms with Crippen LogP contribution in [0.4, 0.5) is 0 Å². The molecule has 0 aliphatic heterocycles. The van der Waals surface area contributed by atoms with Crippen LogP contribution in [0.1, 0.15) is 26.7 Å². The quantitative estimate of drug-likeness (QED) is 0.679. The minimum atomic E-state index is -0.443. The third-order valence-corrected chi connectivity index (χ3v) is 2.49. The van der Waals surface area contributed by atoms with Gasteiger partial charge in [0.25, 0.3) is 0 Å². The van der Waals surface area contributed by atoms with Crippen LogP contribution in [0, 0.1) is 16.7 Å². The predicted octanol–water partition coefficient (Wildman–Crippen LogP) is 1.26. The summed E-state index contributed by atoms with van der Waals surface area (Å²) in [5.41, 5.74) is 0.108. The Bertz CT molecular complexity index is 224. The first-order chi connectivity index (χ1) is 7.41. The SMILES string of the molecule is COCC(O)CN(C)CC(C)(C)CCC#N. The molecule has 4 heteroatoms. The molecule has 0 amide bonds. The van der Waals surface area contributed by atoms with Crippen molar-refractivity contribution in [2.24, 2.45) is 5.41 Å². The van der Waals surface area contributed by atoms with Gasteiger partial charge in [0.05, 0.1) is 18.8 Å². The van der Waals surface area contributed by atoms with Gasteiger partial charge in [0.1, 0.15) is 0 Å². The van der Waals surface area contributed by atoms with Gasteiger partial charge in [-0.05, 0) is 18.9 Å². The first-order valence-corrected chi connectivity index (χ1v) is 5.64. The molecule has 0 aliphatic carbocycles. The molecule has 0 bridgehead atoms. The molecule has 1 atom stereocenters. The lowest BCUT2D eigenvalue weighted by atomic mass is 9.87. The average Bonchev–Trinajstić information content (AvgIpc) is 2.13. The number of hydrogen-bond acceptors (Lipinski definition) is 4. The molecule has 0 aromatic carbocycles. The van der Waals surface area contributed by atoms with Gasteiger partial charge in [-0.3, -0.25) is 0 Å². The van der Waals surface area contributed by atoms with E-state index in [4.69, 9.17) is 10.00 Å². The van der Waals surface area contributed by atoms with Crippen LogP contribution >= 0.6 is 0 Å². The minimum Gasteiger partial charge on any atom is -0.389 e. The van der Waals surface area contributed by atoms with E-state index >= 15 is 0 Å². The molecule has 4 nitrogen and oxygen atoms in total. The lowest BCUT2D eigenvalue weighted by Crippen LogP contribution is -2.37. The highest BCUT2D eigenvalue weighted by atomic mass is 16.5. The molecule has 0 heterocycles. The topological polar surface area (TPSA) is 56.5 Å². The van der Waals surface area contributed by atoms with Crippen LogP contribution in [0.15, 0.2) is 0 Å². The molecule has 0 radical (unpaired) electrons. The third kappa shape index (κ3) is 7.63. The maximum Gasteiger partial charge on any atom is 0.0899 e. The van der Waals surface area contributed by atoms with Crippen molar-refractivity contribution in [3.8, 4) is 6.07 Å². The first-order valence-electron chi connectivity index (χ1n) is 5.64. The minimum absolute atomic E-state index is 0.108. The standard InChI is InChI=1S/C12H24N2O2/c1-12(2,6-5-7-13)10-14(3)8-11(15)9-16-4/h11,15H,5-6,8-10H2,1-4H3. The summed E-state index contributed by atoms with van der Waals surface area (Å²) >= 11 is 0. The van der Waals surface area contributed by atoms with Crippen LogP contribution in [0.2, 0.25) is 0 Å². The molecular weight excluding hydrogens is 204 g/mol. The van der Waals surface area contributed by atoms with Gasteiger partial charge in [-0.1, -0.05) is 13.8 Å². The van der Waals surface area contributed by atoms with Crippen molar-refractivity contribution in [1.29, 1.82) is 5.26 Å². The van der Waals surface area contributed by atoms with Gasteiger partial charge in [-0.2, -0.15) is 5.26 Å². The Morgan fingerprint density at radius 2 is 2.12 bits per heavy atom. The van der Waals surface area contributed by atoms with E-state index in [1.54, 1.807) is 7.11 Å². The van der Waals surface area contributed by atoms with Crippen LogP contribution < -0.4 is 0 Å². The molecule has 0 aromatic rings. The first kappa shape index (κ1) is 15.4. The van der Waals surface area contributed by atoms with E-state index in [2.05, 4.69) is 24.8 Å². The number of aliphatic hydroxyl groups is 1. The van der Waals surface area contributed by atoms with Crippen molar-refractivity contribution in [3.05, 3.63) is 0 Å². The molecule has 0 fully saturated rings. The van der Waals surface area contributed by atoms with Crippen molar-refractivity contribution in [1.82, 2.24) is 4.90 Å². The van der Waals surface area contributed by atoms with Crippen LogP contribution in [-0.4, -0.2) is 50.0 Å². The van der Waals surface area contributed by atoms with E-state index in [0.29, 0.717) is 19.6 Å². The van der Waals surface area contributed by atoms with Gasteiger partial charge < -0.3 is 14.7 Å². The van der Waals surface area contributed by atoms with Crippen LogP contribution in [0.3, 0.4) is 0 Å². The zero-order valence-electron chi connectivity index (χ0n) is 10.9. The third-order valence-electron chi connectivity index (χ3n) is 2.49. The molecular formula is C12H24N2O2. The second-order valence-corrected chi connectivity index (χ2v) is 5.13. The Morgan fingerprint density at radius 3 is 2.62 bits per heavy atom. The number of nitrogens with zero attached hydrogens (tertiary/aromatic N) is 2. The van der Waals surface area contributed by atoms with Gasteiger partial charge in [0.2, 0.25) is 0 Å². The fraction of sp³-hybridized carbons (Fsp3) is 0.917. The van der Waals surface area contributed by atoms with E-state index in [-0.39, 0.29) is 5.41 Å². The highest BCUT2D eigenvalue weighted by molar-refractivity contribution is 4.79. The second kappa shape index (κ2) is 7.61. The Balaban J connectivity index is 3.93. The summed E-state index contributed by atoms with van der Waals surface area (Å²) in [6.45, 7) is 6.12. The molecule has 0 spiro atoms. The number of likely N-dealkylation sites (N-methyl/N-ethyl adjacent to an activating group) is 1. The number of methoxy groups -OCH3 is 1. The highest BCUT2D eigenvalue weighted by Crippen LogP contribution is 2.22. The summed E-state index contributed by atoms with van der Waals surface area (Å²) in [6.07, 6.45) is 1.03. The van der Waals surface area contributed by atoms with Crippen molar-refractivity contribution < 1.29 is 9.84 Å². The maximum absolute atomic E-state index is 9.57. The molecule has 0 rings (SSSR count). The number of rotatable bonds is 8. The van der Waals surface area contributed by atoms with E-state index in [1.165, 1.54) is 0 Å². The second-order valence-electron chi connectivity index (χ2n) is 5.13. The number of aliphatic hydroxyl groups excluding tert-OH is 1. The molecule has 0 saturated heterocycles. The molecule has 94 valence electrons. The van der Waals surface area contributed by atoms with Gasteiger partial charge in [0, 0.05) is 26.6 Å².